The van der Waals surface area contributed by atoms with Gasteiger partial charge in [-0.15, -0.1) is 11.3 Å². The standard InChI is InChI=1S/C20H21N3O2S/c1-13(14-7-3-2-4-8-14)22-17(24)11-23-12-21-19-18(20(23)25)15-9-5-6-10-16(15)26-19/h2-4,7-8,12-13H,5-6,9-11H2,1H3,(H,22,24). The van der Waals surface area contributed by atoms with Gasteiger partial charge in [-0.25, -0.2) is 4.98 Å². The van der Waals surface area contributed by atoms with Gasteiger partial charge in [0.25, 0.3) is 5.56 Å². The summed E-state index contributed by atoms with van der Waals surface area (Å²) in [5, 5.41) is 3.67. The first kappa shape index (κ1) is 17.0. The number of thiophene rings is 1. The quantitative estimate of drug-likeness (QED) is 0.770. The molecule has 1 unspecified atom stereocenters. The summed E-state index contributed by atoms with van der Waals surface area (Å²) in [6, 6.07) is 9.68. The van der Waals surface area contributed by atoms with Crippen molar-refractivity contribution in [3.63, 3.8) is 0 Å². The molecular formula is C20H21N3O2S. The van der Waals surface area contributed by atoms with Gasteiger partial charge in [-0.1, -0.05) is 30.3 Å². The lowest BCUT2D eigenvalue weighted by Crippen LogP contribution is -2.34. The molecule has 0 saturated carbocycles. The van der Waals surface area contributed by atoms with Crippen molar-refractivity contribution in [3.05, 3.63) is 63.0 Å². The van der Waals surface area contributed by atoms with E-state index < -0.39 is 0 Å². The number of nitrogens with one attached hydrogen (secondary N) is 1. The molecule has 2 aromatic heterocycles. The summed E-state index contributed by atoms with van der Waals surface area (Å²) in [7, 11) is 0. The number of amides is 1. The highest BCUT2D eigenvalue weighted by Crippen LogP contribution is 2.33. The van der Waals surface area contributed by atoms with E-state index in [1.54, 1.807) is 11.3 Å². The van der Waals surface area contributed by atoms with Crippen LogP contribution in [0.4, 0.5) is 0 Å². The highest BCUT2D eigenvalue weighted by atomic mass is 32.1. The van der Waals surface area contributed by atoms with Crippen molar-refractivity contribution in [2.75, 3.05) is 0 Å². The van der Waals surface area contributed by atoms with Crippen LogP contribution in [0.15, 0.2) is 41.5 Å². The summed E-state index contributed by atoms with van der Waals surface area (Å²) in [5.41, 5.74) is 2.09. The number of rotatable bonds is 4. The van der Waals surface area contributed by atoms with Crippen LogP contribution in [0.1, 0.15) is 41.8 Å². The van der Waals surface area contributed by atoms with Gasteiger partial charge in [0.2, 0.25) is 5.91 Å². The summed E-state index contributed by atoms with van der Waals surface area (Å²) in [6.07, 6.45) is 5.76. The second-order valence-corrected chi connectivity index (χ2v) is 7.85. The molecule has 134 valence electrons. The van der Waals surface area contributed by atoms with E-state index in [1.165, 1.54) is 22.2 Å². The Kier molecular flexibility index (Phi) is 4.59. The second kappa shape index (κ2) is 7.03. The van der Waals surface area contributed by atoms with Crippen molar-refractivity contribution in [2.24, 2.45) is 0 Å². The van der Waals surface area contributed by atoms with Crippen LogP contribution in [0.25, 0.3) is 10.2 Å². The highest BCUT2D eigenvalue weighted by molar-refractivity contribution is 7.18. The Morgan fingerprint density at radius 1 is 1.27 bits per heavy atom. The number of fused-ring (bicyclic) bond motifs is 3. The van der Waals surface area contributed by atoms with Gasteiger partial charge >= 0.3 is 0 Å². The molecule has 2 heterocycles. The monoisotopic (exact) mass is 367 g/mol. The fraction of sp³-hybridized carbons (Fsp3) is 0.350. The van der Waals surface area contributed by atoms with Gasteiger partial charge in [-0.3, -0.25) is 14.2 Å². The largest absolute Gasteiger partial charge is 0.348 e. The lowest BCUT2D eigenvalue weighted by Gasteiger charge is -2.15. The molecule has 0 radical (unpaired) electrons. The van der Waals surface area contributed by atoms with E-state index in [0.717, 1.165) is 40.6 Å². The third kappa shape index (κ3) is 3.17. The van der Waals surface area contributed by atoms with Crippen molar-refractivity contribution >= 4 is 27.5 Å². The Balaban J connectivity index is 1.56. The molecule has 6 heteroatoms. The minimum Gasteiger partial charge on any atom is -0.348 e. The first-order valence-corrected chi connectivity index (χ1v) is 9.79. The predicted octanol–water partition coefficient (Wildman–Crippen LogP) is 3.21. The van der Waals surface area contributed by atoms with Crippen LogP contribution < -0.4 is 10.9 Å². The number of hydrogen-bond acceptors (Lipinski definition) is 4. The molecule has 0 bridgehead atoms. The molecule has 0 saturated heterocycles. The van der Waals surface area contributed by atoms with Gasteiger partial charge in [0.15, 0.2) is 0 Å². The van der Waals surface area contributed by atoms with E-state index >= 15 is 0 Å². The lowest BCUT2D eigenvalue weighted by molar-refractivity contribution is -0.122. The van der Waals surface area contributed by atoms with Gasteiger partial charge in [0.05, 0.1) is 17.8 Å². The summed E-state index contributed by atoms with van der Waals surface area (Å²) in [5.74, 6) is -0.186. The molecule has 1 amide bonds. The summed E-state index contributed by atoms with van der Waals surface area (Å²) < 4.78 is 1.43. The number of carbonyl (C=O) groups excluding carboxylic acids is 1. The number of aryl methyl sites for hydroxylation is 2. The molecule has 0 fully saturated rings. The maximum atomic E-state index is 12.9. The SMILES string of the molecule is CC(NC(=O)Cn1cnc2sc3c(c2c1=O)CCCC3)c1ccccc1. The van der Waals surface area contributed by atoms with Gasteiger partial charge in [0, 0.05) is 4.88 Å². The Morgan fingerprint density at radius 2 is 2.04 bits per heavy atom. The third-order valence-corrected chi connectivity index (χ3v) is 6.13. The van der Waals surface area contributed by atoms with Crippen molar-refractivity contribution in [2.45, 2.75) is 45.2 Å². The van der Waals surface area contributed by atoms with Crippen molar-refractivity contribution in [3.8, 4) is 0 Å². The Morgan fingerprint density at radius 3 is 2.85 bits per heavy atom. The Bertz CT molecular complexity index is 1010. The maximum absolute atomic E-state index is 12.9. The zero-order valence-corrected chi connectivity index (χ0v) is 15.5. The molecule has 1 atom stereocenters. The Labute approximate surface area is 155 Å². The fourth-order valence-corrected chi connectivity index (χ4v) is 4.78. The smallest absolute Gasteiger partial charge is 0.262 e. The summed E-state index contributed by atoms with van der Waals surface area (Å²) in [4.78, 5) is 31.8. The normalized spacial score (nSPS) is 14.8. The molecule has 3 aromatic rings. The average molecular weight is 367 g/mol. The minimum absolute atomic E-state index is 0.0104. The molecule has 1 aliphatic rings. The van der Waals surface area contributed by atoms with E-state index in [1.807, 2.05) is 37.3 Å². The molecule has 0 spiro atoms. The first-order valence-electron chi connectivity index (χ1n) is 8.97. The number of benzene rings is 1. The summed E-state index contributed by atoms with van der Waals surface area (Å²) in [6.45, 7) is 1.93. The van der Waals surface area contributed by atoms with Crippen molar-refractivity contribution in [1.29, 1.82) is 0 Å². The van der Waals surface area contributed by atoms with E-state index in [9.17, 15) is 9.59 Å². The lowest BCUT2D eigenvalue weighted by atomic mass is 9.97. The number of carbonyl (C=O) groups is 1. The molecule has 1 aromatic carbocycles. The summed E-state index contributed by atoms with van der Waals surface area (Å²) >= 11 is 1.62. The second-order valence-electron chi connectivity index (χ2n) is 6.77. The van der Waals surface area contributed by atoms with Gasteiger partial charge in [0.1, 0.15) is 11.4 Å². The third-order valence-electron chi connectivity index (χ3n) is 4.93. The predicted molar refractivity (Wildman–Crippen MR) is 104 cm³/mol. The van der Waals surface area contributed by atoms with Crippen LogP contribution >= 0.6 is 11.3 Å². The van der Waals surface area contributed by atoms with Gasteiger partial charge in [-0.2, -0.15) is 0 Å². The molecule has 4 rings (SSSR count). The molecule has 5 nitrogen and oxygen atoms in total. The van der Waals surface area contributed by atoms with Crippen LogP contribution in [0.5, 0.6) is 0 Å². The zero-order valence-electron chi connectivity index (χ0n) is 14.7. The van der Waals surface area contributed by atoms with Gasteiger partial charge < -0.3 is 5.32 Å². The molecule has 1 aliphatic carbocycles. The number of aromatic nitrogens is 2. The van der Waals surface area contributed by atoms with Crippen molar-refractivity contribution < 1.29 is 4.79 Å². The van der Waals surface area contributed by atoms with E-state index in [2.05, 4.69) is 10.3 Å². The average Bonchev–Trinajstić information content (AvgIpc) is 3.04. The molecular weight excluding hydrogens is 346 g/mol. The number of hydrogen-bond donors (Lipinski definition) is 1. The van der Waals surface area contributed by atoms with Crippen LogP contribution in [0.3, 0.4) is 0 Å². The Hall–Kier alpha value is -2.47. The molecule has 0 aliphatic heterocycles. The molecule has 1 N–H and O–H groups in total. The fourth-order valence-electron chi connectivity index (χ4n) is 3.56. The van der Waals surface area contributed by atoms with E-state index in [0.29, 0.717) is 0 Å². The minimum atomic E-state index is -0.186. The van der Waals surface area contributed by atoms with Crippen LogP contribution in [0.2, 0.25) is 0 Å². The van der Waals surface area contributed by atoms with Crippen LogP contribution in [0, 0.1) is 0 Å². The van der Waals surface area contributed by atoms with E-state index in [-0.39, 0.29) is 24.1 Å². The molecule has 26 heavy (non-hydrogen) atoms. The number of nitrogens with zero attached hydrogens (tertiary/aromatic N) is 2. The maximum Gasteiger partial charge on any atom is 0.262 e. The zero-order chi connectivity index (χ0) is 18.1. The van der Waals surface area contributed by atoms with Crippen LogP contribution in [-0.2, 0) is 24.2 Å². The van der Waals surface area contributed by atoms with Crippen LogP contribution in [-0.4, -0.2) is 15.5 Å². The first-order chi connectivity index (χ1) is 12.6. The van der Waals surface area contributed by atoms with Gasteiger partial charge in [-0.05, 0) is 43.7 Å². The highest BCUT2D eigenvalue weighted by Gasteiger charge is 2.20. The van der Waals surface area contributed by atoms with E-state index in [4.69, 9.17) is 0 Å². The van der Waals surface area contributed by atoms with Crippen molar-refractivity contribution in [1.82, 2.24) is 14.9 Å². The topological polar surface area (TPSA) is 64.0 Å².